The molecule has 2 rings (SSSR count). The molecule has 122 valence electrons. The summed E-state index contributed by atoms with van der Waals surface area (Å²) in [6.07, 6.45) is 10.7. The van der Waals surface area contributed by atoms with E-state index in [2.05, 4.69) is 26.5 Å². The second kappa shape index (κ2) is 6.16. The van der Waals surface area contributed by atoms with Crippen LogP contribution in [0.1, 0.15) is 59.8 Å². The fourth-order valence-corrected chi connectivity index (χ4v) is 3.91. The predicted octanol–water partition coefficient (Wildman–Crippen LogP) is 4.60. The van der Waals surface area contributed by atoms with E-state index in [4.69, 9.17) is 0 Å². The van der Waals surface area contributed by atoms with Gasteiger partial charge in [-0.3, -0.25) is 4.79 Å². The molecule has 2 nitrogen and oxygen atoms in total. The molecule has 1 N–H and O–H groups in total. The Morgan fingerprint density at radius 2 is 2.14 bits per heavy atom. The lowest BCUT2D eigenvalue weighted by molar-refractivity contribution is -0.137. The van der Waals surface area contributed by atoms with Crippen molar-refractivity contribution in [2.24, 2.45) is 17.3 Å². The van der Waals surface area contributed by atoms with Crippen LogP contribution < -0.4 is 0 Å². The summed E-state index contributed by atoms with van der Waals surface area (Å²) in [5.41, 5.74) is 1.52. The van der Waals surface area contributed by atoms with Crippen molar-refractivity contribution in [2.75, 3.05) is 0 Å². The Kier molecular flexibility index (Phi) is 4.81. The lowest BCUT2D eigenvalue weighted by Crippen LogP contribution is -2.51. The van der Waals surface area contributed by atoms with Crippen molar-refractivity contribution in [3.05, 3.63) is 36.0 Å². The maximum atomic E-state index is 12.7. The van der Waals surface area contributed by atoms with Gasteiger partial charge in [0.25, 0.3) is 0 Å². The van der Waals surface area contributed by atoms with Crippen molar-refractivity contribution in [2.45, 2.75) is 65.4 Å². The van der Waals surface area contributed by atoms with Crippen molar-refractivity contribution in [3.8, 4) is 0 Å². The summed E-state index contributed by atoms with van der Waals surface area (Å²) in [4.78, 5) is 12.7. The number of fused-ring (bicyclic) bond motifs is 1. The molecule has 22 heavy (non-hydrogen) atoms. The van der Waals surface area contributed by atoms with Gasteiger partial charge in [0.1, 0.15) is 0 Å². The summed E-state index contributed by atoms with van der Waals surface area (Å²) in [6.45, 7) is 11.9. The molecular formula is C20H30O2. The van der Waals surface area contributed by atoms with E-state index in [0.717, 1.165) is 32.1 Å². The molecule has 0 unspecified atom stereocenters. The Hall–Kier alpha value is -1.15. The zero-order valence-corrected chi connectivity index (χ0v) is 14.5. The van der Waals surface area contributed by atoms with E-state index < -0.39 is 5.60 Å². The first kappa shape index (κ1) is 17.2. The van der Waals surface area contributed by atoms with Crippen molar-refractivity contribution >= 4 is 5.78 Å². The Bertz CT molecular complexity index is 518. The molecule has 0 aromatic rings. The van der Waals surface area contributed by atoms with Crippen LogP contribution in [0.5, 0.6) is 0 Å². The molecule has 0 aliphatic heterocycles. The van der Waals surface area contributed by atoms with Crippen LogP contribution >= 0.6 is 0 Å². The van der Waals surface area contributed by atoms with Crippen molar-refractivity contribution < 1.29 is 9.90 Å². The molecule has 1 saturated carbocycles. The summed E-state index contributed by atoms with van der Waals surface area (Å²) in [6, 6.07) is 0. The van der Waals surface area contributed by atoms with Gasteiger partial charge in [0, 0.05) is 5.41 Å². The van der Waals surface area contributed by atoms with E-state index in [0.29, 0.717) is 11.8 Å². The Balaban J connectivity index is 2.16. The molecule has 0 amide bonds. The highest BCUT2D eigenvalue weighted by molar-refractivity contribution is 5.95. The van der Waals surface area contributed by atoms with Gasteiger partial charge in [-0.05, 0) is 70.8 Å². The molecule has 0 aromatic heterocycles. The molecule has 2 aliphatic carbocycles. The maximum absolute atomic E-state index is 12.7. The normalized spacial score (nSPS) is 35.7. The van der Waals surface area contributed by atoms with Crippen molar-refractivity contribution in [1.29, 1.82) is 0 Å². The molecule has 3 atom stereocenters. The summed E-state index contributed by atoms with van der Waals surface area (Å²) < 4.78 is 0. The van der Waals surface area contributed by atoms with Crippen LogP contribution in [0.25, 0.3) is 0 Å². The van der Waals surface area contributed by atoms with Gasteiger partial charge in [-0.25, -0.2) is 0 Å². The first-order valence-corrected chi connectivity index (χ1v) is 8.43. The Labute approximate surface area is 135 Å². The SMILES string of the molecule is C=C1CC/C=C(\C)CC[C@@H]2[C@@H]1C[C@@]2(C)C(=O)/C=C/C(C)(C)O. The van der Waals surface area contributed by atoms with E-state index in [1.807, 2.05) is 0 Å². The number of aliphatic hydroxyl groups is 1. The number of allylic oxidation sites excluding steroid dienone is 4. The Morgan fingerprint density at radius 1 is 1.45 bits per heavy atom. The number of ketones is 1. The van der Waals surface area contributed by atoms with E-state index >= 15 is 0 Å². The fourth-order valence-electron chi connectivity index (χ4n) is 3.91. The van der Waals surface area contributed by atoms with Gasteiger partial charge < -0.3 is 5.11 Å². The summed E-state index contributed by atoms with van der Waals surface area (Å²) in [5.74, 6) is 1.04. The van der Waals surface area contributed by atoms with Gasteiger partial charge >= 0.3 is 0 Å². The average Bonchev–Trinajstić information content (AvgIpc) is 2.45. The minimum atomic E-state index is -0.934. The molecule has 2 aliphatic rings. The van der Waals surface area contributed by atoms with Crippen LogP contribution in [0.4, 0.5) is 0 Å². The maximum Gasteiger partial charge on any atom is 0.161 e. The molecule has 1 fully saturated rings. The third-order valence-corrected chi connectivity index (χ3v) is 5.49. The Morgan fingerprint density at radius 3 is 2.77 bits per heavy atom. The third-order valence-electron chi connectivity index (χ3n) is 5.49. The predicted molar refractivity (Wildman–Crippen MR) is 91.5 cm³/mol. The van der Waals surface area contributed by atoms with Gasteiger partial charge in [0.05, 0.1) is 5.60 Å². The van der Waals surface area contributed by atoms with Crippen LogP contribution in [-0.4, -0.2) is 16.5 Å². The van der Waals surface area contributed by atoms with E-state index in [9.17, 15) is 9.90 Å². The molecule has 0 aromatic carbocycles. The van der Waals surface area contributed by atoms with Crippen LogP contribution in [-0.2, 0) is 4.79 Å². The molecule has 0 saturated heterocycles. The number of hydrogen-bond donors (Lipinski definition) is 1. The highest BCUT2D eigenvalue weighted by Gasteiger charge is 2.54. The molecule has 0 bridgehead atoms. The monoisotopic (exact) mass is 302 g/mol. The van der Waals surface area contributed by atoms with E-state index in [1.54, 1.807) is 26.0 Å². The topological polar surface area (TPSA) is 37.3 Å². The molecule has 0 heterocycles. The van der Waals surface area contributed by atoms with E-state index in [-0.39, 0.29) is 11.2 Å². The minimum Gasteiger partial charge on any atom is -0.386 e. The summed E-state index contributed by atoms with van der Waals surface area (Å²) in [5, 5.41) is 9.79. The van der Waals surface area contributed by atoms with Gasteiger partial charge in [-0.1, -0.05) is 36.8 Å². The largest absolute Gasteiger partial charge is 0.386 e. The van der Waals surface area contributed by atoms with E-state index in [1.165, 1.54) is 11.1 Å². The second-order valence-corrected chi connectivity index (χ2v) is 7.97. The van der Waals surface area contributed by atoms with Gasteiger partial charge in [0.15, 0.2) is 5.78 Å². The smallest absolute Gasteiger partial charge is 0.161 e. The van der Waals surface area contributed by atoms with Gasteiger partial charge in [-0.2, -0.15) is 0 Å². The van der Waals surface area contributed by atoms with Crippen LogP contribution in [0.15, 0.2) is 36.0 Å². The number of carbonyl (C=O) groups excluding carboxylic acids is 1. The zero-order chi connectivity index (χ0) is 16.5. The molecular weight excluding hydrogens is 272 g/mol. The zero-order valence-electron chi connectivity index (χ0n) is 14.5. The lowest BCUT2D eigenvalue weighted by atomic mass is 9.49. The minimum absolute atomic E-state index is 0.157. The fraction of sp³-hybridized carbons (Fsp3) is 0.650. The standard InChI is InChI=1S/C20H30O2/c1-14-7-6-8-15(2)16-13-20(5,17(16)10-9-14)18(21)11-12-19(3,4)22/h7,11-12,16-17,22H,2,6,8-10,13H2,1,3-5H3/b12-11+,14-7+/t16-,17-,20-/m1/s1. The lowest BCUT2D eigenvalue weighted by Gasteiger charge is -2.53. The molecule has 0 radical (unpaired) electrons. The first-order chi connectivity index (χ1) is 10.1. The second-order valence-electron chi connectivity index (χ2n) is 7.97. The highest BCUT2D eigenvalue weighted by Crippen LogP contribution is 2.57. The highest BCUT2D eigenvalue weighted by atomic mass is 16.3. The van der Waals surface area contributed by atoms with Crippen LogP contribution in [0.3, 0.4) is 0 Å². The van der Waals surface area contributed by atoms with Gasteiger partial charge in [-0.15, -0.1) is 0 Å². The van der Waals surface area contributed by atoms with Crippen molar-refractivity contribution in [1.82, 2.24) is 0 Å². The summed E-state index contributed by atoms with van der Waals surface area (Å²) >= 11 is 0. The van der Waals surface area contributed by atoms with Crippen molar-refractivity contribution in [3.63, 3.8) is 0 Å². The number of rotatable bonds is 3. The quantitative estimate of drug-likeness (QED) is 0.611. The summed E-state index contributed by atoms with van der Waals surface area (Å²) in [7, 11) is 0. The first-order valence-electron chi connectivity index (χ1n) is 8.43. The third kappa shape index (κ3) is 3.60. The average molecular weight is 302 g/mol. The van der Waals surface area contributed by atoms with Gasteiger partial charge in [0.2, 0.25) is 0 Å². The number of carbonyl (C=O) groups is 1. The molecule has 2 heteroatoms. The number of hydrogen-bond acceptors (Lipinski definition) is 2. The van der Waals surface area contributed by atoms with Crippen LogP contribution in [0, 0.1) is 17.3 Å². The van der Waals surface area contributed by atoms with Crippen LogP contribution in [0.2, 0.25) is 0 Å². The molecule has 0 spiro atoms.